The maximum Gasteiger partial charge on any atom is 0.392 e. The van der Waals surface area contributed by atoms with E-state index in [0.29, 0.717) is 24.9 Å². The molecule has 1 aromatic heterocycles. The molecule has 5 nitrogen and oxygen atoms in total. The highest BCUT2D eigenvalue weighted by atomic mass is 19.4. The van der Waals surface area contributed by atoms with Crippen molar-refractivity contribution in [3.63, 3.8) is 0 Å². The summed E-state index contributed by atoms with van der Waals surface area (Å²) in [5.74, 6) is -6.69. The van der Waals surface area contributed by atoms with Crippen molar-refractivity contribution in [1.82, 2.24) is 9.78 Å². The lowest BCUT2D eigenvalue weighted by atomic mass is 9.54. The number of aromatic nitrogens is 2. The number of benzene rings is 2. The van der Waals surface area contributed by atoms with Crippen LogP contribution in [0.1, 0.15) is 37.4 Å². The van der Waals surface area contributed by atoms with E-state index < -0.39 is 46.8 Å². The normalized spacial score (nSPS) is 25.7. The summed E-state index contributed by atoms with van der Waals surface area (Å²) in [6, 6.07) is 9.17. The number of halogens is 5. The Labute approximate surface area is 227 Å². The molecule has 1 saturated carbocycles. The number of alkyl halides is 3. The van der Waals surface area contributed by atoms with Gasteiger partial charge in [0.05, 0.1) is 29.4 Å². The molecule has 0 saturated heterocycles. The minimum atomic E-state index is -4.60. The quantitative estimate of drug-likeness (QED) is 0.208. The van der Waals surface area contributed by atoms with Gasteiger partial charge in [0.15, 0.2) is 11.6 Å². The Morgan fingerprint density at radius 3 is 2.60 bits per heavy atom. The molecule has 208 valence electrons. The average Bonchev–Trinajstić information content (AvgIpc) is 3.30. The number of carbonyl (C=O) groups is 1. The zero-order valence-electron chi connectivity index (χ0n) is 21.5. The van der Waals surface area contributed by atoms with Crippen LogP contribution in [0.15, 0.2) is 65.9 Å². The van der Waals surface area contributed by atoms with Crippen LogP contribution in [0, 0.1) is 34.8 Å². The van der Waals surface area contributed by atoms with E-state index in [1.807, 2.05) is 13.0 Å². The van der Waals surface area contributed by atoms with Gasteiger partial charge in [-0.15, -0.1) is 0 Å². The minimum Gasteiger partial charge on any atom is -0.505 e. The molecule has 2 N–H and O–H groups in total. The molecule has 6 rings (SSSR count). The van der Waals surface area contributed by atoms with Crippen LogP contribution in [0.5, 0.6) is 5.75 Å². The van der Waals surface area contributed by atoms with Crippen molar-refractivity contribution in [2.24, 2.45) is 23.2 Å². The second kappa shape index (κ2) is 9.31. The van der Waals surface area contributed by atoms with Gasteiger partial charge in [-0.1, -0.05) is 24.1 Å². The number of hydrogen-bond acceptors (Lipinski definition) is 3. The number of allylic oxidation sites excluding steroid dienone is 3. The maximum absolute atomic E-state index is 14.2. The van der Waals surface area contributed by atoms with Gasteiger partial charge in [-0.05, 0) is 79.6 Å². The molecule has 0 radical (unpaired) electrons. The number of phenolic OH excluding ortho intramolecular Hbond substituents is 1. The number of rotatable bonds is 3. The SMILES string of the molecule is C[C@]12Cc3cnn(-c4ccc(F)cc4)c3C=C1CCC1C2=CC[C@@H](C(F)(F)F)[C@@H]1C(=O)Nc1ccc(O)c(F)c1. The fourth-order valence-corrected chi connectivity index (χ4v) is 6.74. The van der Waals surface area contributed by atoms with Gasteiger partial charge in [-0.2, -0.15) is 18.3 Å². The molecule has 3 aromatic rings. The fourth-order valence-electron chi connectivity index (χ4n) is 6.74. The first-order valence-electron chi connectivity index (χ1n) is 13.1. The molecule has 3 aliphatic carbocycles. The van der Waals surface area contributed by atoms with Crippen LogP contribution >= 0.6 is 0 Å². The summed E-state index contributed by atoms with van der Waals surface area (Å²) < 4.78 is 71.8. The van der Waals surface area contributed by atoms with E-state index in [1.54, 1.807) is 29.1 Å². The predicted octanol–water partition coefficient (Wildman–Crippen LogP) is 6.98. The lowest BCUT2D eigenvalue weighted by Gasteiger charge is -2.50. The molecule has 0 bridgehead atoms. The summed E-state index contributed by atoms with van der Waals surface area (Å²) in [6.45, 7) is 2.01. The van der Waals surface area contributed by atoms with E-state index in [2.05, 4.69) is 10.4 Å². The van der Waals surface area contributed by atoms with Crippen molar-refractivity contribution in [3.8, 4) is 11.4 Å². The van der Waals surface area contributed by atoms with Crippen LogP contribution in [-0.2, 0) is 11.2 Å². The summed E-state index contributed by atoms with van der Waals surface area (Å²) in [5, 5.41) is 16.4. The topological polar surface area (TPSA) is 67.2 Å². The van der Waals surface area contributed by atoms with Crippen LogP contribution < -0.4 is 5.32 Å². The van der Waals surface area contributed by atoms with E-state index in [1.165, 1.54) is 18.2 Å². The Hall–Kier alpha value is -3.95. The molecule has 1 fully saturated rings. The number of carbonyl (C=O) groups excluding carboxylic acids is 1. The third-order valence-corrected chi connectivity index (χ3v) is 8.68. The van der Waals surface area contributed by atoms with Gasteiger partial charge in [0.25, 0.3) is 0 Å². The first-order valence-corrected chi connectivity index (χ1v) is 13.1. The second-order valence-electron chi connectivity index (χ2n) is 11.0. The number of nitrogens with zero attached hydrogens (tertiary/aromatic N) is 2. The molecular formula is C30H26F5N3O2. The number of phenols is 1. The second-order valence-corrected chi connectivity index (χ2v) is 11.0. The number of anilines is 1. The zero-order chi connectivity index (χ0) is 28.4. The molecule has 1 unspecified atom stereocenters. The molecular weight excluding hydrogens is 529 g/mol. The highest BCUT2D eigenvalue weighted by molar-refractivity contribution is 5.93. The Kier molecular flexibility index (Phi) is 6.12. The smallest absolute Gasteiger partial charge is 0.392 e. The monoisotopic (exact) mass is 555 g/mol. The molecule has 4 atom stereocenters. The minimum absolute atomic E-state index is 0.0181. The summed E-state index contributed by atoms with van der Waals surface area (Å²) in [7, 11) is 0. The first-order chi connectivity index (χ1) is 19.0. The van der Waals surface area contributed by atoms with Crippen molar-refractivity contribution in [2.75, 3.05) is 5.32 Å². The molecule has 0 aliphatic heterocycles. The van der Waals surface area contributed by atoms with Gasteiger partial charge < -0.3 is 10.4 Å². The van der Waals surface area contributed by atoms with Crippen LogP contribution in [0.25, 0.3) is 11.8 Å². The number of nitrogens with one attached hydrogen (secondary N) is 1. The van der Waals surface area contributed by atoms with E-state index >= 15 is 0 Å². The van der Waals surface area contributed by atoms with Gasteiger partial charge in [-0.25, -0.2) is 13.5 Å². The zero-order valence-corrected chi connectivity index (χ0v) is 21.5. The lowest BCUT2D eigenvalue weighted by Crippen LogP contribution is -2.49. The molecule has 40 heavy (non-hydrogen) atoms. The number of hydrogen-bond donors (Lipinski definition) is 2. The van der Waals surface area contributed by atoms with Crippen molar-refractivity contribution in [1.29, 1.82) is 0 Å². The Bertz CT molecular complexity index is 1560. The molecule has 1 amide bonds. The largest absolute Gasteiger partial charge is 0.505 e. The van der Waals surface area contributed by atoms with E-state index in [0.717, 1.165) is 34.5 Å². The standard InChI is InChI=1S/C30H26F5N3O2/c1-29-14-16-15-36-38(20-6-3-18(31)4-7-20)25(16)12-17(29)2-8-21-22(29)9-10-23(30(33,34)35)27(21)28(40)37-19-5-11-26(39)24(32)13-19/h3-7,9,11-13,15,21,23,27,39H,2,8,10,14H2,1H3,(H,37,40)/t21?,23-,27-,29+/m1/s1. The molecule has 10 heteroatoms. The molecule has 0 spiro atoms. The van der Waals surface area contributed by atoms with Gasteiger partial charge in [0, 0.05) is 17.2 Å². The fraction of sp³-hybridized carbons (Fsp3) is 0.333. The van der Waals surface area contributed by atoms with E-state index in [4.69, 9.17) is 0 Å². The van der Waals surface area contributed by atoms with Crippen LogP contribution in [0.4, 0.5) is 27.6 Å². The van der Waals surface area contributed by atoms with E-state index in [9.17, 15) is 31.9 Å². The summed E-state index contributed by atoms with van der Waals surface area (Å²) in [4.78, 5) is 13.4. The first kappa shape index (κ1) is 26.3. The number of aromatic hydroxyl groups is 1. The molecule has 1 heterocycles. The maximum atomic E-state index is 14.2. The van der Waals surface area contributed by atoms with Gasteiger partial charge in [-0.3, -0.25) is 4.79 Å². The summed E-state index contributed by atoms with van der Waals surface area (Å²) in [5.41, 5.74) is 3.71. The van der Waals surface area contributed by atoms with Crippen molar-refractivity contribution < 1.29 is 31.9 Å². The number of fused-ring (bicyclic) bond motifs is 4. The van der Waals surface area contributed by atoms with Crippen molar-refractivity contribution in [3.05, 3.63) is 88.8 Å². The van der Waals surface area contributed by atoms with Gasteiger partial charge in [0.1, 0.15) is 5.82 Å². The highest BCUT2D eigenvalue weighted by Crippen LogP contribution is 2.59. The molecule has 3 aliphatic rings. The lowest BCUT2D eigenvalue weighted by molar-refractivity contribution is -0.196. The van der Waals surface area contributed by atoms with Crippen molar-refractivity contribution >= 4 is 17.7 Å². The average molecular weight is 556 g/mol. The summed E-state index contributed by atoms with van der Waals surface area (Å²) in [6.07, 6.45) is 1.83. The summed E-state index contributed by atoms with van der Waals surface area (Å²) >= 11 is 0. The predicted molar refractivity (Wildman–Crippen MR) is 138 cm³/mol. The third-order valence-electron chi connectivity index (χ3n) is 8.68. The Balaban J connectivity index is 1.35. The highest BCUT2D eigenvalue weighted by Gasteiger charge is 2.56. The number of amides is 1. The van der Waals surface area contributed by atoms with Gasteiger partial charge >= 0.3 is 6.18 Å². The third kappa shape index (κ3) is 4.30. The Morgan fingerprint density at radius 2 is 1.90 bits per heavy atom. The Morgan fingerprint density at radius 1 is 1.15 bits per heavy atom. The van der Waals surface area contributed by atoms with Gasteiger partial charge in [0.2, 0.25) is 5.91 Å². The molecule has 2 aromatic carbocycles. The van der Waals surface area contributed by atoms with Crippen LogP contribution in [-0.4, -0.2) is 27.0 Å². The van der Waals surface area contributed by atoms with Crippen molar-refractivity contribution in [2.45, 2.75) is 38.8 Å². The van der Waals surface area contributed by atoms with Crippen LogP contribution in [0.2, 0.25) is 0 Å². The van der Waals surface area contributed by atoms with E-state index in [-0.39, 0.29) is 17.9 Å². The van der Waals surface area contributed by atoms with Crippen LogP contribution in [0.3, 0.4) is 0 Å².